The number of rotatable bonds is 4. The zero-order chi connectivity index (χ0) is 15.6. The number of nitrogens with zero attached hydrogens (tertiary/aromatic N) is 4. The van der Waals surface area contributed by atoms with Gasteiger partial charge in [-0.15, -0.1) is 6.42 Å². The van der Waals surface area contributed by atoms with Gasteiger partial charge in [0.15, 0.2) is 5.65 Å². The summed E-state index contributed by atoms with van der Waals surface area (Å²) in [6, 6.07) is 1.79. The summed E-state index contributed by atoms with van der Waals surface area (Å²) in [4.78, 5) is 28.5. The van der Waals surface area contributed by atoms with Crippen molar-refractivity contribution in [2.75, 3.05) is 13.1 Å². The minimum Gasteiger partial charge on any atom is -0.480 e. The number of hydrogen-bond donors (Lipinski definition) is 1. The van der Waals surface area contributed by atoms with E-state index in [4.69, 9.17) is 11.5 Å². The molecule has 7 nitrogen and oxygen atoms in total. The van der Waals surface area contributed by atoms with E-state index in [1.54, 1.807) is 17.5 Å². The maximum atomic E-state index is 12.4. The molecule has 21 heavy (non-hydrogen) atoms. The van der Waals surface area contributed by atoms with Crippen LogP contribution in [-0.4, -0.2) is 49.6 Å². The van der Waals surface area contributed by atoms with Crippen LogP contribution in [-0.2, 0) is 4.79 Å². The molecule has 0 bridgehead atoms. The molecule has 7 heteroatoms. The van der Waals surface area contributed by atoms with Crippen LogP contribution in [0.3, 0.4) is 0 Å². The number of aryl methyl sites for hydroxylation is 2. The molecule has 0 aliphatic heterocycles. The van der Waals surface area contributed by atoms with Crippen LogP contribution >= 0.6 is 0 Å². The molecule has 2 aromatic rings. The zero-order valence-electron chi connectivity index (χ0n) is 11.7. The van der Waals surface area contributed by atoms with Crippen molar-refractivity contribution in [3.8, 4) is 12.3 Å². The Hall–Kier alpha value is -2.88. The highest BCUT2D eigenvalue weighted by atomic mass is 16.4. The number of carboxylic acids is 1. The minimum atomic E-state index is -1.12. The first kappa shape index (κ1) is 14.5. The van der Waals surface area contributed by atoms with Gasteiger partial charge in [-0.2, -0.15) is 5.10 Å². The van der Waals surface area contributed by atoms with Gasteiger partial charge in [0.25, 0.3) is 5.91 Å². The van der Waals surface area contributed by atoms with Crippen molar-refractivity contribution in [1.29, 1.82) is 0 Å². The van der Waals surface area contributed by atoms with Crippen molar-refractivity contribution in [3.63, 3.8) is 0 Å². The number of hydrogen-bond acceptors (Lipinski definition) is 4. The topological polar surface area (TPSA) is 87.8 Å². The molecule has 0 radical (unpaired) electrons. The summed E-state index contributed by atoms with van der Waals surface area (Å²) < 4.78 is 1.55. The normalized spacial score (nSPS) is 10.3. The molecule has 0 saturated carbocycles. The number of fused-ring (bicyclic) bond motifs is 1. The Balaban J connectivity index is 2.44. The largest absolute Gasteiger partial charge is 0.480 e. The second-order valence-electron chi connectivity index (χ2n) is 4.57. The fraction of sp³-hybridized carbons (Fsp3) is 0.286. The van der Waals surface area contributed by atoms with Gasteiger partial charge in [0, 0.05) is 12.3 Å². The van der Waals surface area contributed by atoms with Crippen molar-refractivity contribution in [2.45, 2.75) is 13.8 Å². The van der Waals surface area contributed by atoms with E-state index in [-0.39, 0.29) is 12.1 Å². The Morgan fingerprint density at radius 2 is 2.19 bits per heavy atom. The van der Waals surface area contributed by atoms with E-state index in [9.17, 15) is 9.59 Å². The van der Waals surface area contributed by atoms with Gasteiger partial charge < -0.3 is 10.0 Å². The number of aromatic nitrogens is 3. The minimum absolute atomic E-state index is 0.0826. The number of carbonyl (C=O) groups excluding carboxylic acids is 1. The molecule has 2 aromatic heterocycles. The van der Waals surface area contributed by atoms with Crippen molar-refractivity contribution < 1.29 is 14.7 Å². The molecule has 2 heterocycles. The van der Waals surface area contributed by atoms with E-state index in [1.807, 2.05) is 6.92 Å². The van der Waals surface area contributed by atoms with E-state index in [0.717, 1.165) is 10.6 Å². The molecule has 0 unspecified atom stereocenters. The predicted octanol–water partition coefficient (Wildman–Crippen LogP) is 0.506. The molecule has 1 N–H and O–H groups in total. The third kappa shape index (κ3) is 2.84. The van der Waals surface area contributed by atoms with Crippen molar-refractivity contribution in [1.82, 2.24) is 19.5 Å². The summed E-state index contributed by atoms with van der Waals surface area (Å²) in [5.41, 5.74) is 2.28. The standard InChI is InChI=1S/C14H14N4O3/c1-4-5-17(8-13(19)20)14(21)11-7-15-12-6-9(2)16-18(12)10(11)3/h1,6-7H,5,8H2,2-3H3,(H,19,20). The van der Waals surface area contributed by atoms with Crippen molar-refractivity contribution in [3.05, 3.63) is 29.2 Å². The number of carboxylic acid groups (broad SMARTS) is 1. The Labute approximate surface area is 121 Å². The lowest BCUT2D eigenvalue weighted by atomic mass is 10.2. The van der Waals surface area contributed by atoms with Crippen LogP contribution in [0.4, 0.5) is 0 Å². The van der Waals surface area contributed by atoms with Gasteiger partial charge in [-0.3, -0.25) is 9.59 Å². The van der Waals surface area contributed by atoms with Crippen LogP contribution in [0.15, 0.2) is 12.3 Å². The van der Waals surface area contributed by atoms with E-state index in [2.05, 4.69) is 16.0 Å². The highest BCUT2D eigenvalue weighted by Crippen LogP contribution is 2.13. The molecule has 1 amide bonds. The molecule has 2 rings (SSSR count). The van der Waals surface area contributed by atoms with Crippen LogP contribution < -0.4 is 0 Å². The van der Waals surface area contributed by atoms with E-state index in [0.29, 0.717) is 11.3 Å². The maximum absolute atomic E-state index is 12.4. The van der Waals surface area contributed by atoms with Gasteiger partial charge in [0.2, 0.25) is 0 Å². The summed E-state index contributed by atoms with van der Waals surface area (Å²) in [5.74, 6) is 0.682. The zero-order valence-corrected chi connectivity index (χ0v) is 11.7. The molecule has 0 aromatic carbocycles. The summed E-state index contributed by atoms with van der Waals surface area (Å²) in [6.45, 7) is 3.01. The Kier molecular flexibility index (Phi) is 3.89. The van der Waals surface area contributed by atoms with Crippen LogP contribution in [0.1, 0.15) is 21.7 Å². The van der Waals surface area contributed by atoms with Crippen LogP contribution in [0, 0.1) is 26.2 Å². The summed E-state index contributed by atoms with van der Waals surface area (Å²) in [7, 11) is 0. The fourth-order valence-electron chi connectivity index (χ4n) is 2.02. The van der Waals surface area contributed by atoms with Gasteiger partial charge in [0.05, 0.1) is 23.5 Å². The number of carbonyl (C=O) groups is 2. The first-order valence-electron chi connectivity index (χ1n) is 6.20. The lowest BCUT2D eigenvalue weighted by molar-refractivity contribution is -0.137. The lowest BCUT2D eigenvalue weighted by Crippen LogP contribution is -2.36. The lowest BCUT2D eigenvalue weighted by Gasteiger charge is -2.18. The number of aliphatic carboxylic acids is 1. The Morgan fingerprint density at radius 1 is 1.48 bits per heavy atom. The van der Waals surface area contributed by atoms with E-state index < -0.39 is 18.4 Å². The van der Waals surface area contributed by atoms with Crippen molar-refractivity contribution >= 4 is 17.5 Å². The maximum Gasteiger partial charge on any atom is 0.323 e. The average molecular weight is 286 g/mol. The summed E-state index contributed by atoms with van der Waals surface area (Å²) >= 11 is 0. The average Bonchev–Trinajstić information content (AvgIpc) is 2.79. The first-order chi connectivity index (χ1) is 9.93. The van der Waals surface area contributed by atoms with Gasteiger partial charge in [-0.05, 0) is 13.8 Å². The molecule has 0 aliphatic rings. The quantitative estimate of drug-likeness (QED) is 0.827. The van der Waals surface area contributed by atoms with Gasteiger partial charge in [0.1, 0.15) is 6.54 Å². The molecular formula is C14H14N4O3. The summed E-state index contributed by atoms with van der Waals surface area (Å²) in [5, 5.41) is 13.1. The Morgan fingerprint density at radius 3 is 2.81 bits per heavy atom. The smallest absolute Gasteiger partial charge is 0.323 e. The number of amides is 1. The summed E-state index contributed by atoms with van der Waals surface area (Å²) in [6.07, 6.45) is 6.60. The second-order valence-corrected chi connectivity index (χ2v) is 4.57. The SMILES string of the molecule is C#CCN(CC(=O)O)C(=O)c1cnc2cc(C)nn2c1C. The highest BCUT2D eigenvalue weighted by molar-refractivity contribution is 5.96. The monoisotopic (exact) mass is 286 g/mol. The Bertz CT molecular complexity index is 757. The molecule has 0 aliphatic carbocycles. The van der Waals surface area contributed by atoms with Crippen molar-refractivity contribution in [2.24, 2.45) is 0 Å². The van der Waals surface area contributed by atoms with E-state index in [1.165, 1.54) is 6.20 Å². The van der Waals surface area contributed by atoms with E-state index >= 15 is 0 Å². The van der Waals surface area contributed by atoms with Gasteiger partial charge >= 0.3 is 5.97 Å². The third-order valence-corrected chi connectivity index (χ3v) is 2.97. The molecule has 0 atom stereocenters. The first-order valence-corrected chi connectivity index (χ1v) is 6.20. The fourth-order valence-corrected chi connectivity index (χ4v) is 2.02. The molecule has 108 valence electrons. The van der Waals surface area contributed by atoms with Crippen LogP contribution in [0.25, 0.3) is 5.65 Å². The van der Waals surface area contributed by atoms with Crippen LogP contribution in [0.5, 0.6) is 0 Å². The highest BCUT2D eigenvalue weighted by Gasteiger charge is 2.21. The predicted molar refractivity (Wildman–Crippen MR) is 74.8 cm³/mol. The third-order valence-electron chi connectivity index (χ3n) is 2.97. The van der Waals surface area contributed by atoms with Gasteiger partial charge in [-0.1, -0.05) is 5.92 Å². The van der Waals surface area contributed by atoms with Gasteiger partial charge in [-0.25, -0.2) is 9.50 Å². The molecule has 0 fully saturated rings. The molecule has 0 saturated heterocycles. The van der Waals surface area contributed by atoms with Crippen LogP contribution in [0.2, 0.25) is 0 Å². The second kappa shape index (κ2) is 5.63. The number of terminal acetylenes is 1. The molecule has 0 spiro atoms. The molecular weight excluding hydrogens is 272 g/mol.